The van der Waals surface area contributed by atoms with Crippen molar-refractivity contribution in [2.75, 3.05) is 44.7 Å². The van der Waals surface area contributed by atoms with Gasteiger partial charge in [-0.15, -0.1) is 0 Å². The van der Waals surface area contributed by atoms with Crippen molar-refractivity contribution < 1.29 is 4.74 Å². The third-order valence-corrected chi connectivity index (χ3v) is 5.74. The Morgan fingerprint density at radius 3 is 2.65 bits per heavy atom. The Hall–Kier alpha value is -2.91. The van der Waals surface area contributed by atoms with E-state index in [1.807, 2.05) is 22.8 Å². The van der Waals surface area contributed by atoms with Gasteiger partial charge >= 0.3 is 5.69 Å². The van der Waals surface area contributed by atoms with Crippen LogP contribution in [0.25, 0.3) is 11.2 Å². The first-order chi connectivity index (χ1) is 15.1. The summed E-state index contributed by atoms with van der Waals surface area (Å²) in [4.78, 5) is 34.0. The molecule has 1 fully saturated rings. The van der Waals surface area contributed by atoms with Gasteiger partial charge in [-0.2, -0.15) is 4.98 Å². The first kappa shape index (κ1) is 21.3. The Labute approximate surface area is 180 Å². The number of aromatic nitrogens is 4. The molecule has 2 N–H and O–H groups in total. The zero-order chi connectivity index (χ0) is 21.6. The summed E-state index contributed by atoms with van der Waals surface area (Å²) in [6, 6.07) is 10.3. The Morgan fingerprint density at radius 2 is 1.87 bits per heavy atom. The molecule has 3 heterocycles. The van der Waals surface area contributed by atoms with E-state index in [0.717, 1.165) is 58.7 Å². The lowest BCUT2D eigenvalue weighted by atomic mass is 10.1. The van der Waals surface area contributed by atoms with Crippen molar-refractivity contribution in [3.63, 3.8) is 0 Å². The summed E-state index contributed by atoms with van der Waals surface area (Å²) >= 11 is 0. The van der Waals surface area contributed by atoms with Gasteiger partial charge in [0.2, 0.25) is 5.95 Å². The number of aryl methyl sites for hydroxylation is 3. The highest BCUT2D eigenvalue weighted by atomic mass is 16.5. The monoisotopic (exact) mass is 426 g/mol. The highest BCUT2D eigenvalue weighted by Crippen LogP contribution is 2.17. The molecule has 0 aliphatic carbocycles. The maximum absolute atomic E-state index is 12.6. The van der Waals surface area contributed by atoms with Gasteiger partial charge in [0.1, 0.15) is 0 Å². The lowest BCUT2D eigenvalue weighted by molar-refractivity contribution is 0.0378. The molecular weight excluding hydrogens is 396 g/mol. The molecular formula is C22H30N6O3. The van der Waals surface area contributed by atoms with Crippen LogP contribution in [0.5, 0.6) is 0 Å². The van der Waals surface area contributed by atoms with Crippen molar-refractivity contribution in [2.45, 2.75) is 25.8 Å². The number of morpholine rings is 1. The van der Waals surface area contributed by atoms with Gasteiger partial charge in [-0.25, -0.2) is 4.79 Å². The molecule has 3 aromatic rings. The second kappa shape index (κ2) is 9.93. The van der Waals surface area contributed by atoms with Gasteiger partial charge in [0.15, 0.2) is 11.2 Å². The molecule has 0 saturated carbocycles. The molecule has 0 spiro atoms. The van der Waals surface area contributed by atoms with E-state index in [2.05, 4.69) is 32.3 Å². The molecule has 9 nitrogen and oxygen atoms in total. The summed E-state index contributed by atoms with van der Waals surface area (Å²) in [5.41, 5.74) is 1.25. The summed E-state index contributed by atoms with van der Waals surface area (Å²) in [5, 5.41) is 3.39. The highest BCUT2D eigenvalue weighted by Gasteiger charge is 2.17. The highest BCUT2D eigenvalue weighted by molar-refractivity contribution is 5.74. The standard InChI is InChI=1S/C22H30N6O3/c1-26-19-18(20(29)25-22(26)30)28(12-5-9-17-7-3-2-4-8-17)21(24-19)23-10-6-11-27-13-15-31-16-14-27/h2-4,7-8H,5-6,9-16H2,1H3,(H,23,24)(H,25,29,30). The molecule has 1 saturated heterocycles. The molecule has 0 atom stereocenters. The maximum Gasteiger partial charge on any atom is 0.329 e. The lowest BCUT2D eigenvalue weighted by Crippen LogP contribution is -2.37. The molecule has 31 heavy (non-hydrogen) atoms. The fourth-order valence-corrected chi connectivity index (χ4v) is 4.00. The van der Waals surface area contributed by atoms with Crippen LogP contribution in [0.15, 0.2) is 39.9 Å². The van der Waals surface area contributed by atoms with Crippen molar-refractivity contribution in [3.05, 3.63) is 56.7 Å². The Balaban J connectivity index is 1.49. The minimum absolute atomic E-state index is 0.397. The van der Waals surface area contributed by atoms with Gasteiger partial charge < -0.3 is 14.6 Å². The van der Waals surface area contributed by atoms with E-state index in [4.69, 9.17) is 4.74 Å². The second-order valence-electron chi connectivity index (χ2n) is 7.90. The van der Waals surface area contributed by atoms with E-state index in [0.29, 0.717) is 23.7 Å². The summed E-state index contributed by atoms with van der Waals surface area (Å²) in [6.07, 6.45) is 2.73. The van der Waals surface area contributed by atoms with Gasteiger partial charge in [0.05, 0.1) is 13.2 Å². The molecule has 2 aromatic heterocycles. The third kappa shape index (κ3) is 5.05. The number of hydrogen-bond donors (Lipinski definition) is 2. The largest absolute Gasteiger partial charge is 0.379 e. The molecule has 1 aromatic carbocycles. The normalized spacial score (nSPS) is 14.9. The predicted octanol–water partition coefficient (Wildman–Crippen LogP) is 1.19. The van der Waals surface area contributed by atoms with Gasteiger partial charge in [0.25, 0.3) is 5.56 Å². The van der Waals surface area contributed by atoms with Crippen LogP contribution in [0.1, 0.15) is 18.4 Å². The number of aromatic amines is 1. The van der Waals surface area contributed by atoms with Crippen molar-refractivity contribution in [3.8, 4) is 0 Å². The molecule has 1 aliphatic rings. The van der Waals surface area contributed by atoms with E-state index in [-0.39, 0.29) is 0 Å². The van der Waals surface area contributed by atoms with Crippen LogP contribution in [0.4, 0.5) is 5.95 Å². The number of rotatable bonds is 9. The number of fused-ring (bicyclic) bond motifs is 1. The second-order valence-corrected chi connectivity index (χ2v) is 7.90. The van der Waals surface area contributed by atoms with Crippen molar-refractivity contribution in [1.29, 1.82) is 0 Å². The van der Waals surface area contributed by atoms with Gasteiger partial charge in [-0.05, 0) is 31.4 Å². The molecule has 0 radical (unpaired) electrons. The van der Waals surface area contributed by atoms with Crippen LogP contribution in [0, 0.1) is 0 Å². The van der Waals surface area contributed by atoms with E-state index < -0.39 is 11.2 Å². The molecule has 0 unspecified atom stereocenters. The first-order valence-corrected chi connectivity index (χ1v) is 10.9. The number of nitrogens with one attached hydrogen (secondary N) is 2. The predicted molar refractivity (Wildman–Crippen MR) is 121 cm³/mol. The maximum atomic E-state index is 12.6. The lowest BCUT2D eigenvalue weighted by Gasteiger charge is -2.26. The van der Waals surface area contributed by atoms with Crippen LogP contribution >= 0.6 is 0 Å². The quantitative estimate of drug-likeness (QED) is 0.499. The number of benzene rings is 1. The Kier molecular flexibility index (Phi) is 6.83. The average molecular weight is 427 g/mol. The number of anilines is 1. The fraction of sp³-hybridized carbons (Fsp3) is 0.500. The fourth-order valence-electron chi connectivity index (χ4n) is 4.00. The zero-order valence-electron chi connectivity index (χ0n) is 18.0. The summed E-state index contributed by atoms with van der Waals surface area (Å²) in [5.74, 6) is 0.636. The number of imidazole rings is 1. The van der Waals surface area contributed by atoms with Crippen molar-refractivity contribution >= 4 is 17.1 Å². The summed E-state index contributed by atoms with van der Waals surface area (Å²) in [6.45, 7) is 5.89. The summed E-state index contributed by atoms with van der Waals surface area (Å²) in [7, 11) is 1.63. The molecule has 1 aliphatic heterocycles. The third-order valence-electron chi connectivity index (χ3n) is 5.74. The van der Waals surface area contributed by atoms with Gasteiger partial charge in [-0.1, -0.05) is 30.3 Å². The minimum Gasteiger partial charge on any atom is -0.379 e. The first-order valence-electron chi connectivity index (χ1n) is 10.9. The van der Waals surface area contributed by atoms with Gasteiger partial charge in [0, 0.05) is 33.2 Å². The molecule has 0 amide bonds. The SMILES string of the molecule is Cn1c(=O)[nH]c(=O)c2c1nc(NCCCN1CCOCC1)n2CCCc1ccccc1. The van der Waals surface area contributed by atoms with Crippen molar-refractivity contribution in [2.24, 2.45) is 7.05 Å². The van der Waals surface area contributed by atoms with Crippen LogP contribution in [-0.2, 0) is 24.8 Å². The average Bonchev–Trinajstić information content (AvgIpc) is 3.16. The van der Waals surface area contributed by atoms with Crippen LogP contribution in [0.2, 0.25) is 0 Å². The molecule has 4 rings (SSSR count). The molecule has 9 heteroatoms. The molecule has 0 bridgehead atoms. The molecule has 166 valence electrons. The Bertz CT molecular complexity index is 1110. The number of nitrogens with zero attached hydrogens (tertiary/aromatic N) is 4. The minimum atomic E-state index is -0.453. The van der Waals surface area contributed by atoms with Gasteiger partial charge in [-0.3, -0.25) is 19.2 Å². The van der Waals surface area contributed by atoms with E-state index in [1.165, 1.54) is 10.1 Å². The smallest absolute Gasteiger partial charge is 0.329 e. The van der Waals surface area contributed by atoms with Crippen LogP contribution in [-0.4, -0.2) is 63.4 Å². The Morgan fingerprint density at radius 1 is 1.10 bits per heavy atom. The van der Waals surface area contributed by atoms with E-state index >= 15 is 0 Å². The number of hydrogen-bond acceptors (Lipinski definition) is 6. The van der Waals surface area contributed by atoms with Crippen molar-refractivity contribution in [1.82, 2.24) is 24.0 Å². The van der Waals surface area contributed by atoms with E-state index in [9.17, 15) is 9.59 Å². The van der Waals surface area contributed by atoms with Crippen LogP contribution in [0.3, 0.4) is 0 Å². The van der Waals surface area contributed by atoms with Crippen LogP contribution < -0.4 is 16.6 Å². The topological polar surface area (TPSA) is 97.2 Å². The number of H-pyrrole nitrogens is 1. The zero-order valence-corrected chi connectivity index (χ0v) is 18.0. The van der Waals surface area contributed by atoms with E-state index in [1.54, 1.807) is 7.05 Å². The number of ether oxygens (including phenoxy) is 1. The summed E-state index contributed by atoms with van der Waals surface area (Å²) < 4.78 is 8.70.